The minimum atomic E-state index is -1.32. The second-order valence-corrected chi connectivity index (χ2v) is 7.40. The van der Waals surface area contributed by atoms with E-state index in [1.165, 1.54) is 24.5 Å². The lowest BCUT2D eigenvalue weighted by molar-refractivity contribution is 0.0697. The topological polar surface area (TPSA) is 90.3 Å². The van der Waals surface area contributed by atoms with Crippen molar-refractivity contribution in [3.63, 3.8) is 0 Å². The molecule has 0 aliphatic rings. The number of hydrogen-bond donors (Lipinski definition) is 1. The first-order valence-electron chi connectivity index (χ1n) is 9.58. The highest BCUT2D eigenvalue weighted by Gasteiger charge is 2.20. The molecule has 0 aliphatic carbocycles. The van der Waals surface area contributed by atoms with Crippen LogP contribution in [-0.2, 0) is 13.6 Å². The van der Waals surface area contributed by atoms with Gasteiger partial charge in [-0.3, -0.25) is 9.48 Å². The van der Waals surface area contributed by atoms with Crippen LogP contribution in [0.5, 0.6) is 0 Å². The number of aromatic nitrogens is 3. The minimum absolute atomic E-state index is 0.0191. The summed E-state index contributed by atoms with van der Waals surface area (Å²) in [5.41, 5.74) is 0.312. The Morgan fingerprint density at radius 3 is 2.59 bits per heavy atom. The number of nitrogens with zero attached hydrogens (tertiary/aromatic N) is 3. The van der Waals surface area contributed by atoms with Crippen LogP contribution < -0.4 is 5.56 Å². The van der Waals surface area contributed by atoms with E-state index in [9.17, 15) is 14.7 Å². The van der Waals surface area contributed by atoms with Gasteiger partial charge >= 0.3 is 5.97 Å². The third-order valence-electron chi connectivity index (χ3n) is 5.36. The molecule has 5 aromatic rings. The molecule has 0 aliphatic heterocycles. The van der Waals surface area contributed by atoms with Crippen LogP contribution in [0.2, 0.25) is 0 Å². The van der Waals surface area contributed by atoms with Crippen molar-refractivity contribution >= 4 is 27.8 Å². The average molecular weight is 435 g/mol. The number of carbonyl (C=O) groups is 1. The van der Waals surface area contributed by atoms with Crippen molar-refractivity contribution in [3.8, 4) is 11.1 Å². The van der Waals surface area contributed by atoms with E-state index < -0.39 is 29.7 Å². The summed E-state index contributed by atoms with van der Waals surface area (Å²) in [7, 11) is 1.76. The lowest BCUT2D eigenvalue weighted by Crippen LogP contribution is -2.23. The number of aryl methyl sites for hydroxylation is 1. The third kappa shape index (κ3) is 3.06. The number of carboxylic acid groups (broad SMARTS) is 1. The molecule has 0 amide bonds. The van der Waals surface area contributed by atoms with E-state index in [4.69, 9.17) is 4.42 Å². The van der Waals surface area contributed by atoms with Crippen molar-refractivity contribution in [2.75, 3.05) is 0 Å². The molecule has 0 saturated heterocycles. The van der Waals surface area contributed by atoms with E-state index in [2.05, 4.69) is 5.10 Å². The van der Waals surface area contributed by atoms with E-state index >= 15 is 8.78 Å². The predicted molar refractivity (Wildman–Crippen MR) is 113 cm³/mol. The van der Waals surface area contributed by atoms with Crippen LogP contribution in [0.3, 0.4) is 0 Å². The number of hydrogen-bond acceptors (Lipinski definition) is 4. The van der Waals surface area contributed by atoms with Crippen LogP contribution in [0.1, 0.15) is 15.9 Å². The van der Waals surface area contributed by atoms with Gasteiger partial charge in [0.15, 0.2) is 5.58 Å². The molecule has 9 heteroatoms. The molecule has 7 nitrogen and oxygen atoms in total. The third-order valence-corrected chi connectivity index (χ3v) is 5.36. The lowest BCUT2D eigenvalue weighted by Gasteiger charge is -2.12. The number of aromatic carboxylic acids is 1. The summed E-state index contributed by atoms with van der Waals surface area (Å²) in [6, 6.07) is 9.01. The maximum absolute atomic E-state index is 15.0. The Bertz CT molecular complexity index is 1570. The van der Waals surface area contributed by atoms with Gasteiger partial charge in [-0.2, -0.15) is 5.10 Å². The predicted octanol–water partition coefficient (Wildman–Crippen LogP) is 4.17. The summed E-state index contributed by atoms with van der Waals surface area (Å²) in [5.74, 6) is -3.02. The zero-order valence-corrected chi connectivity index (χ0v) is 16.7. The summed E-state index contributed by atoms with van der Waals surface area (Å²) in [6.45, 7) is -0.477. The highest BCUT2D eigenvalue weighted by Crippen LogP contribution is 2.31. The molecule has 0 atom stereocenters. The maximum atomic E-state index is 15.0. The Morgan fingerprint density at radius 2 is 1.88 bits per heavy atom. The number of furan rings is 1. The quantitative estimate of drug-likeness (QED) is 0.458. The van der Waals surface area contributed by atoms with E-state index in [0.29, 0.717) is 16.6 Å². The van der Waals surface area contributed by atoms with Gasteiger partial charge in [-0.1, -0.05) is 12.1 Å². The number of halogens is 2. The zero-order valence-electron chi connectivity index (χ0n) is 16.7. The fraction of sp³-hybridized carbons (Fsp3) is 0.0870. The summed E-state index contributed by atoms with van der Waals surface area (Å²) in [4.78, 5) is 24.2. The van der Waals surface area contributed by atoms with Crippen molar-refractivity contribution in [2.45, 2.75) is 6.54 Å². The first-order valence-corrected chi connectivity index (χ1v) is 9.58. The van der Waals surface area contributed by atoms with Crippen LogP contribution in [-0.4, -0.2) is 25.4 Å². The van der Waals surface area contributed by atoms with Gasteiger partial charge in [0, 0.05) is 30.4 Å². The molecule has 0 radical (unpaired) electrons. The fourth-order valence-corrected chi connectivity index (χ4v) is 3.88. The van der Waals surface area contributed by atoms with E-state index in [1.807, 2.05) is 0 Å². The van der Waals surface area contributed by atoms with Gasteiger partial charge in [0.2, 0.25) is 0 Å². The highest BCUT2D eigenvalue weighted by molar-refractivity contribution is 6.00. The first kappa shape index (κ1) is 19.7. The zero-order chi connectivity index (χ0) is 22.6. The molecule has 0 spiro atoms. The van der Waals surface area contributed by atoms with Gasteiger partial charge in [-0.25, -0.2) is 13.6 Å². The first-order chi connectivity index (χ1) is 15.3. The molecule has 3 heterocycles. The Balaban J connectivity index is 1.61. The van der Waals surface area contributed by atoms with E-state index in [0.717, 1.165) is 16.2 Å². The number of pyridine rings is 1. The van der Waals surface area contributed by atoms with Crippen molar-refractivity contribution in [2.24, 2.45) is 7.05 Å². The molecule has 1 N–H and O–H groups in total. The molecule has 2 aromatic carbocycles. The Hall–Kier alpha value is -4.27. The summed E-state index contributed by atoms with van der Waals surface area (Å²) in [5, 5.41) is 14.5. The summed E-state index contributed by atoms with van der Waals surface area (Å²) in [6.07, 6.45) is 3.99. The van der Waals surface area contributed by atoms with Crippen molar-refractivity contribution in [3.05, 3.63) is 88.2 Å². The normalized spacial score (nSPS) is 11.5. The molecule has 160 valence electrons. The van der Waals surface area contributed by atoms with Crippen molar-refractivity contribution in [1.29, 1.82) is 0 Å². The van der Waals surface area contributed by atoms with Crippen LogP contribution >= 0.6 is 0 Å². The van der Waals surface area contributed by atoms with Gasteiger partial charge in [-0.05, 0) is 35.4 Å². The molecule has 0 unspecified atom stereocenters. The van der Waals surface area contributed by atoms with Crippen molar-refractivity contribution < 1.29 is 23.1 Å². The van der Waals surface area contributed by atoms with E-state index in [-0.39, 0.29) is 22.1 Å². The molecule has 32 heavy (non-hydrogen) atoms. The molecule has 3 aromatic heterocycles. The monoisotopic (exact) mass is 435 g/mol. The fourth-order valence-electron chi connectivity index (χ4n) is 3.88. The van der Waals surface area contributed by atoms with E-state index in [1.54, 1.807) is 36.1 Å². The molecule has 0 saturated carbocycles. The second-order valence-electron chi connectivity index (χ2n) is 7.40. The summed E-state index contributed by atoms with van der Waals surface area (Å²) >= 11 is 0. The lowest BCUT2D eigenvalue weighted by atomic mass is 9.99. The van der Waals surface area contributed by atoms with Crippen molar-refractivity contribution in [1.82, 2.24) is 14.3 Å². The van der Waals surface area contributed by atoms with Gasteiger partial charge in [-0.15, -0.1) is 0 Å². The average Bonchev–Trinajstić information content (AvgIpc) is 3.37. The molecular formula is C23H15F2N3O4. The van der Waals surface area contributed by atoms with Crippen LogP contribution in [0, 0.1) is 11.6 Å². The molecule has 0 fully saturated rings. The Kier molecular flexibility index (Phi) is 4.40. The number of carboxylic acids is 1. The van der Waals surface area contributed by atoms with Crippen LogP contribution in [0.4, 0.5) is 8.78 Å². The van der Waals surface area contributed by atoms with Crippen LogP contribution in [0.25, 0.3) is 33.0 Å². The number of benzene rings is 2. The number of rotatable bonds is 4. The van der Waals surface area contributed by atoms with Gasteiger partial charge in [0.25, 0.3) is 5.56 Å². The standard InChI is InChI=1S/C23H15F2N3O4/c1-27-9-15-13(3-2-4-20(15)26-27)12-7-18(24)16(19(25)8-12)10-28-11-17(23(30)31)21-14(22(28)29)5-6-32-21/h2-9,11H,10H2,1H3,(H,30,31). The largest absolute Gasteiger partial charge is 0.477 e. The second kappa shape index (κ2) is 7.16. The van der Waals surface area contributed by atoms with Gasteiger partial charge < -0.3 is 14.1 Å². The SMILES string of the molecule is Cn1cc2c(-c3cc(F)c(Cn4cc(C(=O)O)c5occc5c4=O)c(F)c3)cccc2n1. The minimum Gasteiger partial charge on any atom is -0.477 e. The highest BCUT2D eigenvalue weighted by atomic mass is 19.1. The Morgan fingerprint density at radius 1 is 1.12 bits per heavy atom. The summed E-state index contributed by atoms with van der Waals surface area (Å²) < 4.78 is 37.7. The molecule has 5 rings (SSSR count). The Labute approximate surface area is 178 Å². The van der Waals surface area contributed by atoms with Crippen LogP contribution in [0.15, 0.2) is 64.3 Å². The molecular weight excluding hydrogens is 420 g/mol. The number of fused-ring (bicyclic) bond motifs is 2. The van der Waals surface area contributed by atoms with Gasteiger partial charge in [0.05, 0.1) is 23.7 Å². The molecule has 0 bridgehead atoms. The maximum Gasteiger partial charge on any atom is 0.341 e. The smallest absolute Gasteiger partial charge is 0.341 e. The van der Waals surface area contributed by atoms with Gasteiger partial charge in [0.1, 0.15) is 17.2 Å².